The third-order valence-corrected chi connectivity index (χ3v) is 4.10. The molecule has 1 fully saturated rings. The van der Waals surface area contributed by atoms with Crippen LogP contribution in [0.2, 0.25) is 0 Å². The summed E-state index contributed by atoms with van der Waals surface area (Å²) in [6, 6.07) is 9.87. The molecular weight excluding hydrogens is 230 g/mol. The van der Waals surface area contributed by atoms with Crippen LogP contribution >= 0.6 is 0 Å². The molecule has 0 spiro atoms. The Bertz CT molecular complexity index is 368. The van der Waals surface area contributed by atoms with Crippen molar-refractivity contribution in [1.29, 1.82) is 0 Å². The van der Waals surface area contributed by atoms with Crippen LogP contribution in [0.3, 0.4) is 0 Å². The molecule has 1 aliphatic carbocycles. The molecule has 1 aromatic carbocycles. The molecule has 19 heavy (non-hydrogen) atoms. The summed E-state index contributed by atoms with van der Waals surface area (Å²) in [4.78, 5) is 0. The Morgan fingerprint density at radius 2 is 2.11 bits per heavy atom. The number of rotatable bonds is 9. The fraction of sp³-hybridized carbons (Fsp3) is 0.667. The maximum Gasteiger partial charge on any atom is 0.00683 e. The van der Waals surface area contributed by atoms with E-state index in [1.807, 2.05) is 0 Å². The lowest BCUT2D eigenvalue weighted by atomic mass is 9.93. The maximum absolute atomic E-state index is 3.72. The number of hydrogen-bond donors (Lipinski definition) is 1. The zero-order chi connectivity index (χ0) is 13.5. The lowest BCUT2D eigenvalue weighted by Crippen LogP contribution is -2.26. The molecule has 0 radical (unpaired) electrons. The van der Waals surface area contributed by atoms with Crippen molar-refractivity contribution in [2.24, 2.45) is 5.92 Å². The Morgan fingerprint density at radius 3 is 2.79 bits per heavy atom. The second-order valence-corrected chi connectivity index (χ2v) is 6.24. The fourth-order valence-electron chi connectivity index (χ4n) is 2.75. The van der Waals surface area contributed by atoms with E-state index in [1.54, 1.807) is 0 Å². The van der Waals surface area contributed by atoms with Gasteiger partial charge in [0.2, 0.25) is 0 Å². The van der Waals surface area contributed by atoms with Crippen molar-refractivity contribution in [2.75, 3.05) is 6.54 Å². The highest BCUT2D eigenvalue weighted by molar-refractivity contribution is 5.22. The summed E-state index contributed by atoms with van der Waals surface area (Å²) in [5.41, 5.74) is 2.90. The summed E-state index contributed by atoms with van der Waals surface area (Å²) in [7, 11) is 0. The lowest BCUT2D eigenvalue weighted by molar-refractivity contribution is 0.422. The molecular formula is C18H29N. The van der Waals surface area contributed by atoms with E-state index in [0.717, 1.165) is 12.0 Å². The molecule has 0 bridgehead atoms. The number of aryl methyl sites for hydroxylation is 1. The molecule has 1 unspecified atom stereocenters. The molecule has 1 heteroatoms. The van der Waals surface area contributed by atoms with Crippen LogP contribution in [0.15, 0.2) is 24.3 Å². The normalized spacial score (nSPS) is 16.5. The first-order valence-corrected chi connectivity index (χ1v) is 8.07. The van der Waals surface area contributed by atoms with Gasteiger partial charge in [-0.2, -0.15) is 0 Å². The van der Waals surface area contributed by atoms with E-state index in [9.17, 15) is 0 Å². The van der Waals surface area contributed by atoms with Gasteiger partial charge in [-0.05, 0) is 50.6 Å². The van der Waals surface area contributed by atoms with Gasteiger partial charge in [0.05, 0.1) is 0 Å². The van der Waals surface area contributed by atoms with Gasteiger partial charge in [-0.25, -0.2) is 0 Å². The van der Waals surface area contributed by atoms with Crippen molar-refractivity contribution in [3.05, 3.63) is 35.4 Å². The van der Waals surface area contributed by atoms with Crippen LogP contribution in [0.5, 0.6) is 0 Å². The highest BCUT2D eigenvalue weighted by atomic mass is 14.9. The molecule has 106 valence electrons. The molecule has 0 aromatic heterocycles. The molecule has 1 N–H and O–H groups in total. The zero-order valence-electron chi connectivity index (χ0n) is 12.6. The molecule has 1 saturated carbocycles. The minimum absolute atomic E-state index is 0.814. The fourth-order valence-corrected chi connectivity index (χ4v) is 2.75. The Labute approximate surface area is 118 Å². The van der Waals surface area contributed by atoms with Crippen molar-refractivity contribution in [2.45, 2.75) is 64.8 Å². The van der Waals surface area contributed by atoms with Gasteiger partial charge in [0, 0.05) is 6.04 Å². The summed E-state index contributed by atoms with van der Waals surface area (Å²) < 4.78 is 0. The van der Waals surface area contributed by atoms with E-state index in [2.05, 4.69) is 43.4 Å². The lowest BCUT2D eigenvalue weighted by Gasteiger charge is -2.18. The van der Waals surface area contributed by atoms with Crippen molar-refractivity contribution in [3.63, 3.8) is 0 Å². The first-order valence-electron chi connectivity index (χ1n) is 8.07. The quantitative estimate of drug-likeness (QED) is 0.644. The predicted molar refractivity (Wildman–Crippen MR) is 83.5 cm³/mol. The molecule has 0 saturated heterocycles. The summed E-state index contributed by atoms with van der Waals surface area (Å²) in [5.74, 6) is 0.814. The Balaban J connectivity index is 1.83. The van der Waals surface area contributed by atoms with Gasteiger partial charge in [0.15, 0.2) is 0 Å². The second kappa shape index (κ2) is 7.69. The zero-order valence-corrected chi connectivity index (χ0v) is 12.6. The van der Waals surface area contributed by atoms with Crippen molar-refractivity contribution in [3.8, 4) is 0 Å². The number of benzene rings is 1. The highest BCUT2D eigenvalue weighted by Crippen LogP contribution is 2.21. The first kappa shape index (κ1) is 14.6. The minimum atomic E-state index is 0.814. The van der Waals surface area contributed by atoms with Crippen LogP contribution in [0.25, 0.3) is 0 Å². The van der Waals surface area contributed by atoms with Gasteiger partial charge < -0.3 is 5.32 Å². The number of nitrogens with one attached hydrogen (secondary N) is 1. The van der Waals surface area contributed by atoms with Gasteiger partial charge in [-0.1, -0.05) is 56.0 Å². The molecule has 0 aliphatic heterocycles. The minimum Gasteiger partial charge on any atom is -0.314 e. The maximum atomic E-state index is 3.72. The van der Waals surface area contributed by atoms with Crippen LogP contribution in [0.1, 0.15) is 56.6 Å². The van der Waals surface area contributed by atoms with E-state index in [1.165, 1.54) is 62.6 Å². The highest BCUT2D eigenvalue weighted by Gasteiger charge is 2.21. The molecule has 2 rings (SSSR count). The predicted octanol–water partition coefficient (Wildman–Crippen LogP) is 4.49. The van der Waals surface area contributed by atoms with Crippen LogP contribution in [-0.2, 0) is 6.42 Å². The largest absolute Gasteiger partial charge is 0.314 e. The third-order valence-electron chi connectivity index (χ3n) is 4.10. The molecule has 0 amide bonds. The van der Waals surface area contributed by atoms with Crippen LogP contribution in [0, 0.1) is 12.8 Å². The van der Waals surface area contributed by atoms with E-state index in [4.69, 9.17) is 0 Å². The summed E-state index contributed by atoms with van der Waals surface area (Å²) in [6.07, 6.45) is 9.51. The monoisotopic (exact) mass is 259 g/mol. The van der Waals surface area contributed by atoms with Gasteiger partial charge >= 0.3 is 0 Å². The van der Waals surface area contributed by atoms with Gasteiger partial charge in [-0.15, -0.1) is 0 Å². The van der Waals surface area contributed by atoms with E-state index >= 15 is 0 Å². The average molecular weight is 259 g/mol. The second-order valence-electron chi connectivity index (χ2n) is 6.24. The third kappa shape index (κ3) is 5.78. The van der Waals surface area contributed by atoms with E-state index in [0.29, 0.717) is 0 Å². The standard InChI is InChI=1S/C18H29N/c1-3-4-5-8-17(14-19-18-10-11-18)13-16-9-6-7-15(2)12-16/h6-7,9,12,17-19H,3-5,8,10-11,13-14H2,1-2H3. The number of hydrogen-bond acceptors (Lipinski definition) is 1. The SMILES string of the molecule is CCCCCC(CNC1CC1)Cc1cccc(C)c1. The average Bonchev–Trinajstić information content (AvgIpc) is 3.20. The van der Waals surface area contributed by atoms with Gasteiger partial charge in [0.1, 0.15) is 0 Å². The van der Waals surface area contributed by atoms with E-state index < -0.39 is 0 Å². The number of unbranched alkanes of at least 4 members (excludes halogenated alkanes) is 2. The Kier molecular flexibility index (Phi) is 5.91. The Hall–Kier alpha value is -0.820. The van der Waals surface area contributed by atoms with Crippen molar-refractivity contribution in [1.82, 2.24) is 5.32 Å². The van der Waals surface area contributed by atoms with Crippen molar-refractivity contribution >= 4 is 0 Å². The molecule has 1 atom stereocenters. The summed E-state index contributed by atoms with van der Waals surface area (Å²) >= 11 is 0. The van der Waals surface area contributed by atoms with Crippen molar-refractivity contribution < 1.29 is 0 Å². The summed E-state index contributed by atoms with van der Waals surface area (Å²) in [5, 5.41) is 3.72. The van der Waals surface area contributed by atoms with Gasteiger partial charge in [-0.3, -0.25) is 0 Å². The smallest absolute Gasteiger partial charge is 0.00683 e. The molecule has 0 heterocycles. The van der Waals surface area contributed by atoms with E-state index in [-0.39, 0.29) is 0 Å². The first-order chi connectivity index (χ1) is 9.28. The van der Waals surface area contributed by atoms with Crippen LogP contribution < -0.4 is 5.32 Å². The topological polar surface area (TPSA) is 12.0 Å². The van der Waals surface area contributed by atoms with Crippen LogP contribution in [0.4, 0.5) is 0 Å². The summed E-state index contributed by atoms with van der Waals surface area (Å²) in [6.45, 7) is 5.69. The van der Waals surface area contributed by atoms with Crippen LogP contribution in [-0.4, -0.2) is 12.6 Å². The molecule has 1 aromatic rings. The Morgan fingerprint density at radius 1 is 1.26 bits per heavy atom. The van der Waals surface area contributed by atoms with Gasteiger partial charge in [0.25, 0.3) is 0 Å². The molecule has 1 nitrogen and oxygen atoms in total. The molecule has 1 aliphatic rings.